The second-order valence-corrected chi connectivity index (χ2v) is 5.26. The summed E-state index contributed by atoms with van der Waals surface area (Å²) in [5, 5.41) is 10.4. The van der Waals surface area contributed by atoms with E-state index in [1.54, 1.807) is 6.07 Å². The fourth-order valence-electron chi connectivity index (χ4n) is 2.73. The Balaban J connectivity index is 1.86. The van der Waals surface area contributed by atoms with Gasteiger partial charge < -0.3 is 4.90 Å². The van der Waals surface area contributed by atoms with Crippen molar-refractivity contribution in [3.8, 4) is 0 Å². The molecule has 0 N–H and O–H groups in total. The molecule has 0 saturated carbocycles. The first-order valence-corrected chi connectivity index (χ1v) is 7.06. The topological polar surface area (TPSA) is 46.4 Å². The van der Waals surface area contributed by atoms with Crippen molar-refractivity contribution in [3.63, 3.8) is 0 Å². The zero-order chi connectivity index (χ0) is 15.5. The third-order valence-corrected chi connectivity index (χ3v) is 3.78. The van der Waals surface area contributed by atoms with Gasteiger partial charge in [-0.3, -0.25) is 10.1 Å². The van der Waals surface area contributed by atoms with Crippen molar-refractivity contribution in [2.45, 2.75) is 13.0 Å². The van der Waals surface area contributed by atoms with Crippen molar-refractivity contribution < 1.29 is 9.31 Å². The van der Waals surface area contributed by atoms with Crippen molar-refractivity contribution in [2.24, 2.45) is 0 Å². The molecule has 22 heavy (non-hydrogen) atoms. The van der Waals surface area contributed by atoms with Gasteiger partial charge in [0.1, 0.15) is 5.82 Å². The molecule has 0 saturated heterocycles. The Morgan fingerprint density at radius 1 is 1.27 bits per heavy atom. The molecule has 0 spiro atoms. The molecule has 1 heterocycles. The first-order valence-electron chi connectivity index (χ1n) is 7.06. The lowest BCUT2D eigenvalue weighted by Crippen LogP contribution is -2.19. The maximum atomic E-state index is 14.1. The Morgan fingerprint density at radius 2 is 2.05 bits per heavy atom. The van der Waals surface area contributed by atoms with Crippen LogP contribution in [-0.4, -0.2) is 11.5 Å². The second-order valence-electron chi connectivity index (χ2n) is 5.26. The van der Waals surface area contributed by atoms with Crippen LogP contribution in [0.4, 0.5) is 10.1 Å². The van der Waals surface area contributed by atoms with Gasteiger partial charge in [-0.25, -0.2) is 4.39 Å². The minimum Gasteiger partial charge on any atom is -0.367 e. The summed E-state index contributed by atoms with van der Waals surface area (Å²) >= 11 is 0. The van der Waals surface area contributed by atoms with Crippen molar-refractivity contribution in [1.82, 2.24) is 0 Å². The molecule has 0 aliphatic carbocycles. The van der Waals surface area contributed by atoms with E-state index in [0.717, 1.165) is 37.0 Å². The summed E-state index contributed by atoms with van der Waals surface area (Å²) in [5.41, 5.74) is 3.34. The van der Waals surface area contributed by atoms with E-state index in [1.165, 1.54) is 17.7 Å². The highest BCUT2D eigenvalue weighted by Crippen LogP contribution is 2.32. The number of benzene rings is 2. The SMILES string of the molecule is O=[N+]([O-])C=Cc1cc2c(cc1F)N(Cc1ccccc1)CC2. The number of halogens is 1. The van der Waals surface area contributed by atoms with E-state index in [2.05, 4.69) is 4.90 Å². The van der Waals surface area contributed by atoms with E-state index < -0.39 is 10.7 Å². The molecule has 1 aliphatic heterocycles. The average Bonchev–Trinajstić information content (AvgIpc) is 2.88. The van der Waals surface area contributed by atoms with E-state index in [9.17, 15) is 14.5 Å². The second kappa shape index (κ2) is 5.97. The highest BCUT2D eigenvalue weighted by Gasteiger charge is 2.21. The van der Waals surface area contributed by atoms with Crippen molar-refractivity contribution in [3.05, 3.63) is 81.3 Å². The first-order chi connectivity index (χ1) is 10.6. The Labute approximate surface area is 127 Å². The predicted octanol–water partition coefficient (Wildman–Crippen LogP) is 3.64. The van der Waals surface area contributed by atoms with Crippen LogP contribution in [0.2, 0.25) is 0 Å². The van der Waals surface area contributed by atoms with Gasteiger partial charge in [-0.2, -0.15) is 0 Å². The van der Waals surface area contributed by atoms with E-state index in [4.69, 9.17) is 0 Å². The zero-order valence-electron chi connectivity index (χ0n) is 11.9. The van der Waals surface area contributed by atoms with E-state index >= 15 is 0 Å². The third kappa shape index (κ3) is 2.98. The molecule has 2 aromatic rings. The number of anilines is 1. The Kier molecular flexibility index (Phi) is 3.87. The fourth-order valence-corrected chi connectivity index (χ4v) is 2.73. The zero-order valence-corrected chi connectivity index (χ0v) is 11.9. The van der Waals surface area contributed by atoms with Gasteiger partial charge in [-0.05, 0) is 29.7 Å². The van der Waals surface area contributed by atoms with Gasteiger partial charge >= 0.3 is 0 Å². The lowest BCUT2D eigenvalue weighted by atomic mass is 10.1. The van der Waals surface area contributed by atoms with Crippen LogP contribution in [0.3, 0.4) is 0 Å². The van der Waals surface area contributed by atoms with Crippen LogP contribution in [0.5, 0.6) is 0 Å². The van der Waals surface area contributed by atoms with Gasteiger partial charge in [-0.15, -0.1) is 0 Å². The van der Waals surface area contributed by atoms with Crippen LogP contribution in [0.15, 0.2) is 48.7 Å². The standard InChI is InChI=1S/C17H15FN2O2/c18-16-11-17-15(10-14(16)7-9-20(21)22)6-8-19(17)12-13-4-2-1-3-5-13/h1-5,7,9-11H,6,8,12H2. The average molecular weight is 298 g/mol. The molecule has 0 unspecified atom stereocenters. The van der Waals surface area contributed by atoms with Gasteiger partial charge in [-0.1, -0.05) is 30.3 Å². The molecule has 0 radical (unpaired) electrons. The summed E-state index contributed by atoms with van der Waals surface area (Å²) in [6.07, 6.45) is 2.79. The number of hydrogen-bond donors (Lipinski definition) is 0. The van der Waals surface area contributed by atoms with Crippen LogP contribution < -0.4 is 4.90 Å². The summed E-state index contributed by atoms with van der Waals surface area (Å²) < 4.78 is 14.1. The predicted molar refractivity (Wildman–Crippen MR) is 83.6 cm³/mol. The van der Waals surface area contributed by atoms with Crippen LogP contribution in [0.1, 0.15) is 16.7 Å². The molecule has 0 atom stereocenters. The molecule has 0 aromatic heterocycles. The summed E-state index contributed by atoms with van der Waals surface area (Å²) in [5.74, 6) is -0.434. The minimum atomic E-state index is -0.589. The monoisotopic (exact) mass is 298 g/mol. The van der Waals surface area contributed by atoms with Crippen LogP contribution >= 0.6 is 0 Å². The maximum Gasteiger partial charge on any atom is 0.235 e. The van der Waals surface area contributed by atoms with Crippen molar-refractivity contribution in [1.29, 1.82) is 0 Å². The number of fused-ring (bicyclic) bond motifs is 1. The number of nitrogens with zero attached hydrogens (tertiary/aromatic N) is 2. The van der Waals surface area contributed by atoms with Gasteiger partial charge in [0.15, 0.2) is 0 Å². The molecule has 2 aromatic carbocycles. The normalized spacial score (nSPS) is 13.6. The highest BCUT2D eigenvalue weighted by molar-refractivity contribution is 5.64. The van der Waals surface area contributed by atoms with Gasteiger partial charge in [0, 0.05) is 30.4 Å². The molecular formula is C17H15FN2O2. The largest absolute Gasteiger partial charge is 0.367 e. The van der Waals surface area contributed by atoms with E-state index in [0.29, 0.717) is 0 Å². The van der Waals surface area contributed by atoms with Gasteiger partial charge in [0.25, 0.3) is 0 Å². The van der Waals surface area contributed by atoms with Crippen LogP contribution in [0.25, 0.3) is 6.08 Å². The lowest BCUT2D eigenvalue weighted by Gasteiger charge is -2.19. The highest BCUT2D eigenvalue weighted by atomic mass is 19.1. The summed E-state index contributed by atoms with van der Waals surface area (Å²) in [7, 11) is 0. The number of nitro groups is 1. The summed E-state index contributed by atoms with van der Waals surface area (Å²) in [6.45, 7) is 1.56. The molecule has 3 rings (SSSR count). The fraction of sp³-hybridized carbons (Fsp3) is 0.176. The Hall–Kier alpha value is -2.69. The lowest BCUT2D eigenvalue weighted by molar-refractivity contribution is -0.400. The van der Waals surface area contributed by atoms with Crippen molar-refractivity contribution in [2.75, 3.05) is 11.4 Å². The number of hydrogen-bond acceptors (Lipinski definition) is 3. The Morgan fingerprint density at radius 3 is 2.77 bits per heavy atom. The smallest absolute Gasteiger partial charge is 0.235 e. The first kappa shape index (κ1) is 14.3. The van der Waals surface area contributed by atoms with E-state index in [1.807, 2.05) is 30.3 Å². The molecule has 0 bridgehead atoms. The molecule has 112 valence electrons. The van der Waals surface area contributed by atoms with E-state index in [-0.39, 0.29) is 5.56 Å². The van der Waals surface area contributed by atoms with Gasteiger partial charge in [0.05, 0.1) is 4.92 Å². The molecular weight excluding hydrogens is 283 g/mol. The number of rotatable bonds is 4. The quantitative estimate of drug-likeness (QED) is 0.639. The minimum absolute atomic E-state index is 0.261. The van der Waals surface area contributed by atoms with Gasteiger partial charge in [0.2, 0.25) is 6.20 Å². The molecule has 0 amide bonds. The molecule has 4 nitrogen and oxygen atoms in total. The third-order valence-electron chi connectivity index (χ3n) is 3.78. The molecule has 1 aliphatic rings. The summed E-state index contributed by atoms with van der Waals surface area (Å²) in [6, 6.07) is 13.2. The molecule has 5 heteroatoms. The molecule has 0 fully saturated rings. The maximum absolute atomic E-state index is 14.1. The van der Waals surface area contributed by atoms with Crippen LogP contribution in [-0.2, 0) is 13.0 Å². The van der Waals surface area contributed by atoms with Crippen LogP contribution in [0, 0.1) is 15.9 Å². The Bertz CT molecular complexity index is 729. The van der Waals surface area contributed by atoms with Crippen molar-refractivity contribution >= 4 is 11.8 Å². The summed E-state index contributed by atoms with van der Waals surface area (Å²) in [4.78, 5) is 11.9.